The van der Waals surface area contributed by atoms with Crippen LogP contribution in [0.15, 0.2) is 77.7 Å². The van der Waals surface area contributed by atoms with Gasteiger partial charge in [0.1, 0.15) is 24.7 Å². The van der Waals surface area contributed by atoms with E-state index < -0.39 is 0 Å². The van der Waals surface area contributed by atoms with Crippen LogP contribution in [0.1, 0.15) is 16.7 Å². The second-order valence-electron chi connectivity index (χ2n) is 7.41. The number of ether oxygens (including phenoxy) is 2. The van der Waals surface area contributed by atoms with Gasteiger partial charge in [-0.15, -0.1) is 0 Å². The van der Waals surface area contributed by atoms with Gasteiger partial charge >= 0.3 is 0 Å². The molecule has 0 unspecified atom stereocenters. The van der Waals surface area contributed by atoms with Crippen LogP contribution in [0.2, 0.25) is 5.02 Å². The third-order valence-corrected chi connectivity index (χ3v) is 6.30. The first kappa shape index (κ1) is 23.0. The maximum atomic E-state index is 12.8. The molecule has 1 aliphatic rings. The molecule has 33 heavy (non-hydrogen) atoms. The highest BCUT2D eigenvalue weighted by molar-refractivity contribution is 8.18. The first-order valence-corrected chi connectivity index (χ1v) is 11.6. The lowest BCUT2D eigenvalue weighted by molar-refractivity contribution is -0.123. The molecule has 0 spiro atoms. The number of rotatable bonds is 8. The number of imide groups is 1. The molecule has 5 nitrogen and oxygen atoms in total. The maximum Gasteiger partial charge on any atom is 0.293 e. The minimum Gasteiger partial charge on any atom is -0.492 e. The Morgan fingerprint density at radius 1 is 0.939 bits per heavy atom. The second kappa shape index (κ2) is 10.6. The van der Waals surface area contributed by atoms with Crippen LogP contribution in [-0.2, 0) is 11.4 Å². The molecule has 3 aromatic rings. The Hall–Kier alpha value is -3.22. The van der Waals surface area contributed by atoms with Crippen molar-refractivity contribution in [3.63, 3.8) is 0 Å². The zero-order valence-electron chi connectivity index (χ0n) is 18.0. The zero-order chi connectivity index (χ0) is 23.2. The molecule has 1 heterocycles. The van der Waals surface area contributed by atoms with E-state index >= 15 is 0 Å². The van der Waals surface area contributed by atoms with Crippen molar-refractivity contribution in [3.05, 3.63) is 99.4 Å². The molecule has 0 atom stereocenters. The van der Waals surface area contributed by atoms with Gasteiger partial charge in [-0.1, -0.05) is 65.7 Å². The van der Waals surface area contributed by atoms with E-state index in [4.69, 9.17) is 21.1 Å². The lowest BCUT2D eigenvalue weighted by Crippen LogP contribution is -2.32. The number of hydrogen-bond donors (Lipinski definition) is 0. The van der Waals surface area contributed by atoms with E-state index in [-0.39, 0.29) is 24.3 Å². The van der Waals surface area contributed by atoms with E-state index in [9.17, 15) is 9.59 Å². The largest absolute Gasteiger partial charge is 0.492 e. The molecule has 0 saturated carbocycles. The summed E-state index contributed by atoms with van der Waals surface area (Å²) in [6.45, 7) is 2.70. The van der Waals surface area contributed by atoms with Gasteiger partial charge in [0.25, 0.3) is 11.1 Å². The molecule has 168 valence electrons. The van der Waals surface area contributed by atoms with Crippen LogP contribution in [0.3, 0.4) is 0 Å². The molecule has 1 aliphatic heterocycles. The zero-order valence-corrected chi connectivity index (χ0v) is 19.6. The number of aryl methyl sites for hydroxylation is 1. The van der Waals surface area contributed by atoms with Crippen LogP contribution >= 0.6 is 23.4 Å². The predicted molar refractivity (Wildman–Crippen MR) is 132 cm³/mol. The van der Waals surface area contributed by atoms with Crippen molar-refractivity contribution in [2.24, 2.45) is 0 Å². The summed E-state index contributed by atoms with van der Waals surface area (Å²) >= 11 is 7.13. The van der Waals surface area contributed by atoms with E-state index in [2.05, 4.69) is 0 Å². The van der Waals surface area contributed by atoms with E-state index in [1.165, 1.54) is 4.90 Å². The molecule has 3 aromatic carbocycles. The Balaban J connectivity index is 1.41. The first-order chi connectivity index (χ1) is 16.0. The quantitative estimate of drug-likeness (QED) is 0.353. The lowest BCUT2D eigenvalue weighted by atomic mass is 10.1. The van der Waals surface area contributed by atoms with Crippen LogP contribution in [0.4, 0.5) is 4.79 Å². The number of carbonyl (C=O) groups excluding carboxylic acids is 2. The SMILES string of the molecule is Cc1ccc(OCCN2C(=O)S/C(=C\c3ccccc3OCc3ccccc3Cl)C2=O)cc1. The number of amides is 2. The molecule has 0 radical (unpaired) electrons. The number of thioether (sulfide) groups is 1. The van der Waals surface area contributed by atoms with Crippen molar-refractivity contribution in [1.29, 1.82) is 0 Å². The summed E-state index contributed by atoms with van der Waals surface area (Å²) in [5.41, 5.74) is 2.71. The summed E-state index contributed by atoms with van der Waals surface area (Å²) in [4.78, 5) is 26.8. The van der Waals surface area contributed by atoms with Crippen molar-refractivity contribution in [1.82, 2.24) is 4.90 Å². The lowest BCUT2D eigenvalue weighted by Gasteiger charge is -2.13. The standard InChI is InChI=1S/C26H22ClNO4S/c1-18-10-12-21(13-11-18)31-15-14-28-25(29)24(33-26(28)30)16-19-6-3-5-9-23(19)32-17-20-7-2-4-8-22(20)27/h2-13,16H,14-15,17H2,1H3/b24-16-. The summed E-state index contributed by atoms with van der Waals surface area (Å²) in [6, 6.07) is 22.5. The van der Waals surface area contributed by atoms with Crippen LogP contribution in [0, 0.1) is 6.92 Å². The smallest absolute Gasteiger partial charge is 0.293 e. The molecule has 2 amide bonds. The average Bonchev–Trinajstić information content (AvgIpc) is 3.08. The van der Waals surface area contributed by atoms with Gasteiger partial charge in [-0.05, 0) is 49.0 Å². The Bertz CT molecular complexity index is 1190. The van der Waals surface area contributed by atoms with E-state index in [0.29, 0.717) is 33.6 Å². The van der Waals surface area contributed by atoms with Gasteiger partial charge in [0.05, 0.1) is 11.4 Å². The second-order valence-corrected chi connectivity index (χ2v) is 8.81. The molecule has 1 fully saturated rings. The van der Waals surface area contributed by atoms with Gasteiger partial charge in [-0.3, -0.25) is 14.5 Å². The molecule has 0 aromatic heterocycles. The van der Waals surface area contributed by atoms with E-state index in [1.807, 2.05) is 79.7 Å². The van der Waals surface area contributed by atoms with E-state index in [0.717, 1.165) is 22.9 Å². The number of nitrogens with zero attached hydrogens (tertiary/aromatic N) is 1. The molecular weight excluding hydrogens is 458 g/mol. The van der Waals surface area contributed by atoms with Crippen molar-refractivity contribution in [2.75, 3.05) is 13.2 Å². The molecule has 7 heteroatoms. The van der Waals surface area contributed by atoms with Crippen molar-refractivity contribution < 1.29 is 19.1 Å². The molecule has 1 saturated heterocycles. The fourth-order valence-electron chi connectivity index (χ4n) is 3.23. The third-order valence-electron chi connectivity index (χ3n) is 5.02. The minimum absolute atomic E-state index is 0.181. The van der Waals surface area contributed by atoms with E-state index in [1.54, 1.807) is 6.08 Å². The molecule has 0 N–H and O–H groups in total. The van der Waals surface area contributed by atoms with Crippen LogP contribution < -0.4 is 9.47 Å². The highest BCUT2D eigenvalue weighted by Gasteiger charge is 2.35. The third kappa shape index (κ3) is 5.78. The highest BCUT2D eigenvalue weighted by atomic mass is 35.5. The maximum absolute atomic E-state index is 12.8. The average molecular weight is 480 g/mol. The number of hydrogen-bond acceptors (Lipinski definition) is 5. The van der Waals surface area contributed by atoms with Crippen molar-refractivity contribution >= 4 is 40.6 Å². The number of halogens is 1. The van der Waals surface area contributed by atoms with Crippen LogP contribution in [0.25, 0.3) is 6.08 Å². The van der Waals surface area contributed by atoms with Gasteiger partial charge in [0.15, 0.2) is 0 Å². The Kier molecular flexibility index (Phi) is 7.37. The Morgan fingerprint density at radius 3 is 2.45 bits per heavy atom. The fraction of sp³-hybridized carbons (Fsp3) is 0.154. The first-order valence-electron chi connectivity index (χ1n) is 10.4. The molecule has 0 bridgehead atoms. The monoisotopic (exact) mass is 479 g/mol. The minimum atomic E-state index is -0.335. The molecule has 0 aliphatic carbocycles. The number of para-hydroxylation sites is 1. The van der Waals surface area contributed by atoms with Gasteiger partial charge in [-0.25, -0.2) is 0 Å². The van der Waals surface area contributed by atoms with Crippen LogP contribution in [0.5, 0.6) is 11.5 Å². The summed E-state index contributed by atoms with van der Waals surface area (Å²) in [5, 5.41) is 0.317. The Labute approximate surface area is 202 Å². The highest BCUT2D eigenvalue weighted by Crippen LogP contribution is 2.34. The normalized spacial score (nSPS) is 14.7. The molecular formula is C26H22ClNO4S. The van der Waals surface area contributed by atoms with Gasteiger partial charge in [-0.2, -0.15) is 0 Å². The topological polar surface area (TPSA) is 55.8 Å². The number of benzene rings is 3. The van der Waals surface area contributed by atoms with Crippen LogP contribution in [-0.4, -0.2) is 29.2 Å². The summed E-state index contributed by atoms with van der Waals surface area (Å²) in [6.07, 6.45) is 1.69. The number of carbonyl (C=O) groups is 2. The Morgan fingerprint density at radius 2 is 1.67 bits per heavy atom. The van der Waals surface area contributed by atoms with Crippen molar-refractivity contribution in [3.8, 4) is 11.5 Å². The summed E-state index contributed by atoms with van der Waals surface area (Å²) in [5.74, 6) is 0.970. The van der Waals surface area contributed by atoms with Gasteiger partial charge in [0.2, 0.25) is 0 Å². The van der Waals surface area contributed by atoms with Crippen molar-refractivity contribution in [2.45, 2.75) is 13.5 Å². The van der Waals surface area contributed by atoms with Gasteiger partial charge < -0.3 is 9.47 Å². The fourth-order valence-corrected chi connectivity index (χ4v) is 4.27. The van der Waals surface area contributed by atoms with Gasteiger partial charge in [0, 0.05) is 16.1 Å². The molecule has 4 rings (SSSR count). The summed E-state index contributed by atoms with van der Waals surface area (Å²) in [7, 11) is 0. The summed E-state index contributed by atoms with van der Waals surface area (Å²) < 4.78 is 11.6. The predicted octanol–water partition coefficient (Wildman–Crippen LogP) is 6.34.